The molecule has 1 aromatic carbocycles. The van der Waals surface area contributed by atoms with Gasteiger partial charge in [-0.05, 0) is 42.6 Å². The van der Waals surface area contributed by atoms with Crippen molar-refractivity contribution in [1.29, 1.82) is 0 Å². The highest BCUT2D eigenvalue weighted by Gasteiger charge is 2.26. The normalized spacial score (nSPS) is 13.1. The van der Waals surface area contributed by atoms with Crippen molar-refractivity contribution in [2.24, 2.45) is 0 Å². The van der Waals surface area contributed by atoms with Crippen LogP contribution in [0.15, 0.2) is 35.7 Å². The second-order valence-corrected chi connectivity index (χ2v) is 8.61. The zero-order valence-corrected chi connectivity index (χ0v) is 21.0. The highest BCUT2D eigenvalue weighted by molar-refractivity contribution is 7.12. The minimum atomic E-state index is -1.23. The molecule has 12 nitrogen and oxygen atoms in total. The van der Waals surface area contributed by atoms with Crippen molar-refractivity contribution in [2.45, 2.75) is 6.92 Å². The van der Waals surface area contributed by atoms with E-state index in [0.29, 0.717) is 49.1 Å². The third-order valence-electron chi connectivity index (χ3n) is 5.33. The van der Waals surface area contributed by atoms with Crippen molar-refractivity contribution < 1.29 is 33.7 Å². The van der Waals surface area contributed by atoms with Crippen LogP contribution in [0.3, 0.4) is 0 Å². The second kappa shape index (κ2) is 11.7. The van der Waals surface area contributed by atoms with Crippen molar-refractivity contribution in [3.8, 4) is 17.1 Å². The number of hydrogen-bond acceptors (Lipinski definition) is 10. The van der Waals surface area contributed by atoms with Gasteiger partial charge < -0.3 is 34.9 Å². The Bertz CT molecular complexity index is 1290. The van der Waals surface area contributed by atoms with Crippen LogP contribution in [0.5, 0.6) is 5.75 Å². The summed E-state index contributed by atoms with van der Waals surface area (Å²) < 4.78 is 15.8. The van der Waals surface area contributed by atoms with Gasteiger partial charge in [-0.25, -0.2) is 24.4 Å². The Kier molecular flexibility index (Phi) is 8.15. The summed E-state index contributed by atoms with van der Waals surface area (Å²) in [5.74, 6) is -1.04. The molecule has 1 fully saturated rings. The molecule has 194 valence electrons. The maximum Gasteiger partial charge on any atom is 0.358 e. The lowest BCUT2D eigenvalue weighted by Crippen LogP contribution is -2.37. The molecule has 0 saturated carbocycles. The molecule has 2 amide bonds. The van der Waals surface area contributed by atoms with E-state index < -0.39 is 18.0 Å². The number of ether oxygens (including phenoxy) is 3. The Balaban J connectivity index is 1.56. The zero-order valence-electron chi connectivity index (χ0n) is 20.1. The Morgan fingerprint density at radius 2 is 1.84 bits per heavy atom. The van der Waals surface area contributed by atoms with Gasteiger partial charge in [-0.3, -0.25) is 0 Å². The van der Waals surface area contributed by atoms with Gasteiger partial charge in [0, 0.05) is 24.3 Å². The lowest BCUT2D eigenvalue weighted by Gasteiger charge is -2.29. The number of rotatable bonds is 8. The largest absolute Gasteiger partial charge is 0.488 e. The van der Waals surface area contributed by atoms with Crippen molar-refractivity contribution >= 4 is 46.5 Å². The highest BCUT2D eigenvalue weighted by Crippen LogP contribution is 2.33. The number of anilines is 3. The van der Waals surface area contributed by atoms with Gasteiger partial charge >= 0.3 is 18.0 Å². The molecule has 0 spiro atoms. The summed E-state index contributed by atoms with van der Waals surface area (Å²) in [6.07, 6.45) is 0. The maximum absolute atomic E-state index is 12.4. The standard InChI is InChI=1S/C24H25N5O7S/c1-3-36-18-17(22(30)31)27-20(28-21(18)29-9-11-35-12-10-29)14-4-6-15(7-5-14)25-24(33)26-16-8-13-37-19(16)23(32)34-2/h4-8,13H,3,9-12H2,1-2H3,(H,30,31)(H2,25,26,33). The first kappa shape index (κ1) is 25.9. The fourth-order valence-corrected chi connectivity index (χ4v) is 4.39. The predicted molar refractivity (Wildman–Crippen MR) is 137 cm³/mol. The van der Waals surface area contributed by atoms with E-state index in [0.717, 1.165) is 11.3 Å². The molecule has 4 rings (SSSR count). The van der Waals surface area contributed by atoms with Gasteiger partial charge in [0.2, 0.25) is 0 Å². The minimum Gasteiger partial charge on any atom is -0.488 e. The molecule has 0 aliphatic carbocycles. The molecule has 3 heterocycles. The third-order valence-corrected chi connectivity index (χ3v) is 6.23. The topological polar surface area (TPSA) is 152 Å². The first-order chi connectivity index (χ1) is 17.9. The number of methoxy groups -OCH3 is 1. The number of benzene rings is 1. The number of carbonyl (C=O) groups is 3. The number of carboxylic acids is 1. The van der Waals surface area contributed by atoms with Crippen LogP contribution in [0.2, 0.25) is 0 Å². The van der Waals surface area contributed by atoms with Crippen LogP contribution >= 0.6 is 11.3 Å². The Morgan fingerprint density at radius 1 is 1.11 bits per heavy atom. The number of carboxylic acid groups (broad SMARTS) is 1. The summed E-state index contributed by atoms with van der Waals surface area (Å²) in [5.41, 5.74) is 1.13. The number of amides is 2. The first-order valence-electron chi connectivity index (χ1n) is 11.4. The quantitative estimate of drug-likeness (QED) is 0.371. The van der Waals surface area contributed by atoms with E-state index in [-0.39, 0.29) is 28.8 Å². The van der Waals surface area contributed by atoms with E-state index in [1.54, 1.807) is 42.6 Å². The number of carbonyl (C=O) groups excluding carboxylic acids is 2. The highest BCUT2D eigenvalue weighted by atomic mass is 32.1. The molecule has 1 aliphatic heterocycles. The van der Waals surface area contributed by atoms with Crippen LogP contribution in [-0.2, 0) is 9.47 Å². The summed E-state index contributed by atoms with van der Waals surface area (Å²) in [4.78, 5) is 47.4. The molecule has 0 unspecified atom stereocenters. The van der Waals surface area contributed by atoms with Gasteiger partial charge in [0.05, 0.1) is 32.6 Å². The van der Waals surface area contributed by atoms with E-state index in [1.807, 2.05) is 4.90 Å². The number of morpholine rings is 1. The maximum atomic E-state index is 12.4. The molecular weight excluding hydrogens is 502 g/mol. The Labute approximate surface area is 216 Å². The molecular formula is C24H25N5O7S. The number of urea groups is 1. The molecule has 3 aromatic rings. The fourth-order valence-electron chi connectivity index (χ4n) is 3.63. The number of hydrogen-bond donors (Lipinski definition) is 3. The van der Waals surface area contributed by atoms with E-state index >= 15 is 0 Å². The molecule has 37 heavy (non-hydrogen) atoms. The van der Waals surface area contributed by atoms with E-state index in [4.69, 9.17) is 14.2 Å². The fraction of sp³-hybridized carbons (Fsp3) is 0.292. The summed E-state index contributed by atoms with van der Waals surface area (Å²) >= 11 is 1.16. The Morgan fingerprint density at radius 3 is 2.49 bits per heavy atom. The van der Waals surface area contributed by atoms with Crippen molar-refractivity contribution in [3.63, 3.8) is 0 Å². The van der Waals surface area contributed by atoms with Crippen molar-refractivity contribution in [3.05, 3.63) is 46.3 Å². The number of nitrogens with one attached hydrogen (secondary N) is 2. The number of thiophene rings is 1. The van der Waals surface area contributed by atoms with Gasteiger partial charge in [0.1, 0.15) is 4.88 Å². The number of aromatic nitrogens is 2. The van der Waals surface area contributed by atoms with Gasteiger partial charge in [-0.15, -0.1) is 11.3 Å². The molecule has 13 heteroatoms. The number of esters is 1. The van der Waals surface area contributed by atoms with E-state index in [9.17, 15) is 19.5 Å². The van der Waals surface area contributed by atoms with Crippen LogP contribution < -0.4 is 20.3 Å². The first-order valence-corrected chi connectivity index (χ1v) is 12.2. The van der Waals surface area contributed by atoms with Gasteiger partial charge in [0.15, 0.2) is 23.1 Å². The lowest BCUT2D eigenvalue weighted by atomic mass is 10.2. The molecule has 0 radical (unpaired) electrons. The average Bonchev–Trinajstić information content (AvgIpc) is 3.37. The molecule has 1 aliphatic rings. The Hall–Kier alpha value is -4.23. The van der Waals surface area contributed by atoms with Crippen LogP contribution in [0, 0.1) is 0 Å². The van der Waals surface area contributed by atoms with E-state index in [1.165, 1.54) is 7.11 Å². The molecule has 3 N–H and O–H groups in total. The molecule has 1 saturated heterocycles. The molecule has 0 atom stereocenters. The predicted octanol–water partition coefficient (Wildman–Crippen LogP) is 3.57. The average molecular weight is 528 g/mol. The van der Waals surface area contributed by atoms with Crippen LogP contribution in [0.1, 0.15) is 27.1 Å². The van der Waals surface area contributed by atoms with E-state index in [2.05, 4.69) is 20.6 Å². The lowest BCUT2D eigenvalue weighted by molar-refractivity contribution is 0.0606. The molecule has 2 aromatic heterocycles. The zero-order chi connectivity index (χ0) is 26.4. The van der Waals surface area contributed by atoms with Crippen molar-refractivity contribution in [1.82, 2.24) is 9.97 Å². The SMILES string of the molecule is CCOc1c(C(=O)O)nc(-c2ccc(NC(=O)Nc3ccsc3C(=O)OC)cc2)nc1N1CCOCC1. The smallest absolute Gasteiger partial charge is 0.358 e. The van der Waals surface area contributed by atoms with Gasteiger partial charge in [0.25, 0.3) is 0 Å². The number of aromatic carboxylic acids is 1. The van der Waals surface area contributed by atoms with Crippen molar-refractivity contribution in [2.75, 3.05) is 55.6 Å². The second-order valence-electron chi connectivity index (χ2n) is 7.70. The van der Waals surface area contributed by atoms with Gasteiger partial charge in [-0.1, -0.05) is 0 Å². The third kappa shape index (κ3) is 5.95. The summed E-state index contributed by atoms with van der Waals surface area (Å²) in [6, 6.07) is 7.68. The summed E-state index contributed by atoms with van der Waals surface area (Å²) in [5, 5.41) is 16.8. The summed E-state index contributed by atoms with van der Waals surface area (Å²) in [6.45, 7) is 4.07. The van der Waals surface area contributed by atoms with Gasteiger partial charge in [-0.2, -0.15) is 0 Å². The minimum absolute atomic E-state index is 0.121. The van der Waals surface area contributed by atoms with Crippen LogP contribution in [-0.4, -0.2) is 73.1 Å². The van der Waals surface area contributed by atoms with Crippen LogP contribution in [0.4, 0.5) is 22.0 Å². The molecule has 0 bridgehead atoms. The number of nitrogens with zero attached hydrogens (tertiary/aromatic N) is 3. The monoisotopic (exact) mass is 527 g/mol. The summed E-state index contributed by atoms with van der Waals surface area (Å²) in [7, 11) is 1.27. The van der Waals surface area contributed by atoms with Crippen LogP contribution in [0.25, 0.3) is 11.4 Å².